The van der Waals surface area contributed by atoms with Crippen LogP contribution in [-0.4, -0.2) is 41.0 Å². The number of hydrogen-bond acceptors (Lipinski definition) is 6. The Morgan fingerprint density at radius 3 is 2.21 bits per heavy atom. The van der Waals surface area contributed by atoms with Gasteiger partial charge in [0.05, 0.1) is 29.8 Å². The van der Waals surface area contributed by atoms with Gasteiger partial charge in [-0.25, -0.2) is 13.6 Å². The molecule has 2 aromatic carbocycles. The summed E-state index contributed by atoms with van der Waals surface area (Å²) in [5, 5.41) is 10.3. The van der Waals surface area contributed by atoms with Crippen molar-refractivity contribution in [2.75, 3.05) is 26.1 Å². The molecule has 2 aromatic rings. The minimum Gasteiger partial charge on any atom is -0.495 e. The summed E-state index contributed by atoms with van der Waals surface area (Å²) in [6, 6.07) is 8.81. The highest BCUT2D eigenvalue weighted by Crippen LogP contribution is 2.35. The summed E-state index contributed by atoms with van der Waals surface area (Å²) in [4.78, 5) is 24.2. The first-order chi connectivity index (χ1) is 13.7. The van der Waals surface area contributed by atoms with Crippen LogP contribution in [0.1, 0.15) is 5.56 Å². The Morgan fingerprint density at radius 1 is 1.03 bits per heavy atom. The number of benzene rings is 2. The number of hydrogen-bond donors (Lipinski definition) is 3. The molecule has 156 valence electrons. The molecular weight excluding hydrogens is 422 g/mol. The maximum absolute atomic E-state index is 12.1. The van der Waals surface area contributed by atoms with Gasteiger partial charge in [-0.3, -0.25) is 9.59 Å². The van der Waals surface area contributed by atoms with E-state index < -0.39 is 21.8 Å². The van der Waals surface area contributed by atoms with Crippen molar-refractivity contribution in [3.05, 3.63) is 47.0 Å². The summed E-state index contributed by atoms with van der Waals surface area (Å²) in [7, 11) is -0.942. The van der Waals surface area contributed by atoms with Gasteiger partial charge in [0.15, 0.2) is 0 Å². The molecule has 0 heterocycles. The Balaban J connectivity index is 1.94. The zero-order valence-corrected chi connectivity index (χ0v) is 17.3. The number of sulfonamides is 1. The van der Waals surface area contributed by atoms with Gasteiger partial charge < -0.3 is 20.1 Å². The number of carbonyl (C=O) groups is 2. The fourth-order valence-electron chi connectivity index (χ4n) is 2.38. The fraction of sp³-hybridized carbons (Fsp3) is 0.222. The standard InChI is InChI=1S/C18H20ClN3O6S/c1-27-15-10-14(16(28-2)9-13(15)19)22-18(24)17(23)21-8-7-11-3-5-12(6-4-11)29(20,25)26/h3-6,9-10H,7-8H2,1-2H3,(H,21,23)(H,22,24)(H2,20,25,26). The number of halogens is 1. The van der Waals surface area contributed by atoms with Crippen LogP contribution in [0.15, 0.2) is 41.3 Å². The Bertz CT molecular complexity index is 1010. The monoisotopic (exact) mass is 441 g/mol. The SMILES string of the molecule is COc1cc(NC(=O)C(=O)NCCc2ccc(S(N)(=O)=O)cc2)c(OC)cc1Cl. The van der Waals surface area contributed by atoms with E-state index in [1.54, 1.807) is 12.1 Å². The highest BCUT2D eigenvalue weighted by molar-refractivity contribution is 7.89. The molecule has 0 aliphatic heterocycles. The second-order valence-electron chi connectivity index (χ2n) is 5.84. The molecule has 2 amide bonds. The third-order valence-electron chi connectivity index (χ3n) is 3.88. The molecule has 0 radical (unpaired) electrons. The zero-order chi connectivity index (χ0) is 21.6. The molecule has 0 fully saturated rings. The van der Waals surface area contributed by atoms with Crippen molar-refractivity contribution in [3.63, 3.8) is 0 Å². The van der Waals surface area contributed by atoms with Gasteiger partial charge in [-0.15, -0.1) is 0 Å². The quantitative estimate of drug-likeness (QED) is 0.554. The summed E-state index contributed by atoms with van der Waals surface area (Å²) in [5.74, 6) is -1.16. The maximum atomic E-state index is 12.1. The van der Waals surface area contributed by atoms with E-state index in [-0.39, 0.29) is 22.9 Å². The lowest BCUT2D eigenvalue weighted by atomic mass is 10.1. The lowest BCUT2D eigenvalue weighted by Crippen LogP contribution is -2.36. The lowest BCUT2D eigenvalue weighted by molar-refractivity contribution is -0.136. The number of nitrogens with two attached hydrogens (primary N) is 1. The van der Waals surface area contributed by atoms with E-state index in [9.17, 15) is 18.0 Å². The predicted molar refractivity (Wildman–Crippen MR) is 108 cm³/mol. The van der Waals surface area contributed by atoms with Crippen LogP contribution in [0.3, 0.4) is 0 Å². The minimum absolute atomic E-state index is 0.00277. The van der Waals surface area contributed by atoms with Crippen LogP contribution in [0.5, 0.6) is 11.5 Å². The topological polar surface area (TPSA) is 137 Å². The summed E-state index contributed by atoms with van der Waals surface area (Å²) >= 11 is 6.00. The van der Waals surface area contributed by atoms with Crippen molar-refractivity contribution >= 4 is 39.1 Å². The first kappa shape index (κ1) is 22.5. The zero-order valence-electron chi connectivity index (χ0n) is 15.7. The molecule has 0 unspecified atom stereocenters. The summed E-state index contributed by atoms with van der Waals surface area (Å²) in [6.45, 7) is 0.169. The van der Waals surface area contributed by atoms with Crippen molar-refractivity contribution in [3.8, 4) is 11.5 Å². The van der Waals surface area contributed by atoms with Crippen molar-refractivity contribution in [1.29, 1.82) is 0 Å². The molecule has 0 atom stereocenters. The van der Waals surface area contributed by atoms with Gasteiger partial charge in [0.1, 0.15) is 11.5 Å². The van der Waals surface area contributed by atoms with Crippen LogP contribution in [0.25, 0.3) is 0 Å². The molecule has 4 N–H and O–H groups in total. The van der Waals surface area contributed by atoms with E-state index in [1.807, 2.05) is 0 Å². The van der Waals surface area contributed by atoms with Crippen LogP contribution < -0.4 is 25.2 Å². The Hall–Kier alpha value is -2.82. The Labute approximate surface area is 173 Å². The number of nitrogens with one attached hydrogen (secondary N) is 2. The van der Waals surface area contributed by atoms with Crippen LogP contribution >= 0.6 is 11.6 Å². The van der Waals surface area contributed by atoms with E-state index in [1.165, 1.54) is 38.5 Å². The highest BCUT2D eigenvalue weighted by Gasteiger charge is 2.17. The molecule has 11 heteroatoms. The average molecular weight is 442 g/mol. The van der Waals surface area contributed by atoms with Crippen molar-refractivity contribution in [2.24, 2.45) is 5.14 Å². The second-order valence-corrected chi connectivity index (χ2v) is 7.80. The first-order valence-corrected chi connectivity index (χ1v) is 10.2. The predicted octanol–water partition coefficient (Wildman–Crippen LogP) is 1.30. The fourth-order valence-corrected chi connectivity index (χ4v) is 3.13. The van der Waals surface area contributed by atoms with E-state index in [2.05, 4.69) is 10.6 Å². The van der Waals surface area contributed by atoms with Crippen LogP contribution in [0.4, 0.5) is 5.69 Å². The van der Waals surface area contributed by atoms with Gasteiger partial charge in [0.25, 0.3) is 0 Å². The minimum atomic E-state index is -3.76. The number of amides is 2. The van der Waals surface area contributed by atoms with E-state index in [0.29, 0.717) is 17.2 Å². The average Bonchev–Trinajstić information content (AvgIpc) is 2.68. The van der Waals surface area contributed by atoms with Crippen LogP contribution in [0, 0.1) is 0 Å². The molecule has 0 saturated carbocycles. The van der Waals surface area contributed by atoms with Crippen molar-refractivity contribution in [1.82, 2.24) is 5.32 Å². The molecule has 2 rings (SSSR count). The molecule has 0 aliphatic rings. The maximum Gasteiger partial charge on any atom is 0.313 e. The Morgan fingerprint density at radius 2 is 1.66 bits per heavy atom. The molecule has 0 saturated heterocycles. The first-order valence-electron chi connectivity index (χ1n) is 8.28. The molecular formula is C18H20ClN3O6S. The van der Waals surface area contributed by atoms with E-state index >= 15 is 0 Å². The molecule has 0 aromatic heterocycles. The second kappa shape index (κ2) is 9.59. The van der Waals surface area contributed by atoms with Gasteiger partial charge in [0, 0.05) is 18.7 Å². The van der Waals surface area contributed by atoms with Gasteiger partial charge >= 0.3 is 11.8 Å². The largest absolute Gasteiger partial charge is 0.495 e. The third-order valence-corrected chi connectivity index (χ3v) is 5.10. The van der Waals surface area contributed by atoms with Gasteiger partial charge in [-0.1, -0.05) is 23.7 Å². The molecule has 0 aliphatic carbocycles. The third kappa shape index (κ3) is 6.08. The van der Waals surface area contributed by atoms with E-state index in [4.69, 9.17) is 26.2 Å². The van der Waals surface area contributed by atoms with Gasteiger partial charge in [-0.2, -0.15) is 0 Å². The highest BCUT2D eigenvalue weighted by atomic mass is 35.5. The van der Waals surface area contributed by atoms with Crippen molar-refractivity contribution in [2.45, 2.75) is 11.3 Å². The number of rotatable bonds is 7. The van der Waals surface area contributed by atoms with Crippen molar-refractivity contribution < 1.29 is 27.5 Å². The molecule has 9 nitrogen and oxygen atoms in total. The van der Waals surface area contributed by atoms with Gasteiger partial charge in [-0.05, 0) is 24.1 Å². The van der Waals surface area contributed by atoms with Gasteiger partial charge in [0.2, 0.25) is 10.0 Å². The number of methoxy groups -OCH3 is 2. The number of ether oxygens (including phenoxy) is 2. The van der Waals surface area contributed by atoms with Crippen LogP contribution in [-0.2, 0) is 26.0 Å². The summed E-state index contributed by atoms with van der Waals surface area (Å²) in [5.41, 5.74) is 0.995. The molecule has 0 spiro atoms. The Kier molecular flexibility index (Phi) is 7.43. The lowest BCUT2D eigenvalue weighted by Gasteiger charge is -2.13. The summed E-state index contributed by atoms with van der Waals surface area (Å²) in [6.07, 6.45) is 0.391. The normalized spacial score (nSPS) is 10.9. The number of anilines is 1. The van der Waals surface area contributed by atoms with Crippen LogP contribution in [0.2, 0.25) is 5.02 Å². The molecule has 0 bridgehead atoms. The number of carbonyl (C=O) groups excluding carboxylic acids is 2. The van der Waals surface area contributed by atoms with E-state index in [0.717, 1.165) is 5.56 Å². The molecule has 29 heavy (non-hydrogen) atoms. The number of primary sulfonamides is 1. The summed E-state index contributed by atoms with van der Waals surface area (Å²) < 4.78 is 32.7. The smallest absolute Gasteiger partial charge is 0.313 e.